The standard InChI is InChI=1S/C28H20ClN3O6/c1-38-21-11-10-18(32(36)37)14-20(21)31-27(34)22-23(28(31)35)25(26(33)16-6-8-17(29)9-7-16)30-13-12-15-4-2-3-5-19(15)24(22)30/h2-14,22-25H,1H3/t22-,23-,24-,25+/m1/s1. The summed E-state index contributed by atoms with van der Waals surface area (Å²) in [5, 5.41) is 11.9. The highest BCUT2D eigenvalue weighted by molar-refractivity contribution is 6.30. The van der Waals surface area contributed by atoms with Gasteiger partial charge in [0.05, 0.1) is 29.9 Å². The predicted octanol–water partition coefficient (Wildman–Crippen LogP) is 4.66. The molecule has 0 saturated carbocycles. The molecule has 3 aromatic rings. The van der Waals surface area contributed by atoms with Gasteiger partial charge in [0.15, 0.2) is 5.78 Å². The molecule has 0 spiro atoms. The molecule has 2 saturated heterocycles. The van der Waals surface area contributed by atoms with Crippen LogP contribution in [0.25, 0.3) is 6.08 Å². The molecule has 3 heterocycles. The molecule has 6 rings (SSSR count). The average molecular weight is 530 g/mol. The number of methoxy groups -OCH3 is 1. The molecule has 3 aliphatic heterocycles. The molecule has 38 heavy (non-hydrogen) atoms. The third kappa shape index (κ3) is 3.42. The molecule has 10 heteroatoms. The summed E-state index contributed by atoms with van der Waals surface area (Å²) in [5.41, 5.74) is 1.76. The number of Topliss-reactive ketones (excluding diaryl/α,β-unsaturated/α-hetero) is 1. The first-order valence-corrected chi connectivity index (χ1v) is 12.2. The van der Waals surface area contributed by atoms with Crippen molar-refractivity contribution in [3.63, 3.8) is 0 Å². The van der Waals surface area contributed by atoms with Crippen molar-refractivity contribution in [3.8, 4) is 5.75 Å². The fraction of sp³-hybridized carbons (Fsp3) is 0.179. The van der Waals surface area contributed by atoms with Gasteiger partial charge in [-0.2, -0.15) is 0 Å². The number of ketones is 1. The lowest BCUT2D eigenvalue weighted by molar-refractivity contribution is -0.384. The van der Waals surface area contributed by atoms with Crippen molar-refractivity contribution in [1.29, 1.82) is 0 Å². The minimum absolute atomic E-state index is 0.0185. The van der Waals surface area contributed by atoms with Crippen LogP contribution in [-0.2, 0) is 9.59 Å². The average Bonchev–Trinajstić information content (AvgIpc) is 3.40. The SMILES string of the molecule is COc1ccc([N+](=O)[O-])cc1N1C(=O)[C@@H]2[C@@H](C1=O)[C@H]1c3ccccc3C=CN1[C@@H]2C(=O)c1ccc(Cl)cc1. The minimum atomic E-state index is -1.02. The molecule has 9 nitrogen and oxygen atoms in total. The number of carbonyl (C=O) groups excluding carboxylic acids is 3. The number of nitro groups is 1. The van der Waals surface area contributed by atoms with Gasteiger partial charge in [-0.15, -0.1) is 0 Å². The smallest absolute Gasteiger partial charge is 0.271 e. The van der Waals surface area contributed by atoms with E-state index in [9.17, 15) is 24.5 Å². The topological polar surface area (TPSA) is 110 Å². The Morgan fingerprint density at radius 1 is 1.00 bits per heavy atom. The Morgan fingerprint density at radius 3 is 2.42 bits per heavy atom. The van der Waals surface area contributed by atoms with Crippen molar-refractivity contribution < 1.29 is 24.0 Å². The highest BCUT2D eigenvalue weighted by Crippen LogP contribution is 2.54. The Kier molecular flexibility index (Phi) is 5.53. The van der Waals surface area contributed by atoms with Gasteiger partial charge in [-0.05, 0) is 47.5 Å². The summed E-state index contributed by atoms with van der Waals surface area (Å²) in [6.45, 7) is 0. The van der Waals surface area contributed by atoms with E-state index in [1.54, 1.807) is 35.4 Å². The molecule has 3 aliphatic rings. The van der Waals surface area contributed by atoms with Crippen LogP contribution < -0.4 is 9.64 Å². The number of nitrogens with zero attached hydrogens (tertiary/aromatic N) is 3. The summed E-state index contributed by atoms with van der Waals surface area (Å²) in [4.78, 5) is 55.7. The van der Waals surface area contributed by atoms with Crippen LogP contribution in [0.3, 0.4) is 0 Å². The van der Waals surface area contributed by atoms with Crippen LogP contribution in [0, 0.1) is 22.0 Å². The second kappa shape index (κ2) is 8.81. The van der Waals surface area contributed by atoms with Crippen LogP contribution in [-0.4, -0.2) is 40.6 Å². The number of benzene rings is 3. The molecule has 2 fully saturated rings. The van der Waals surface area contributed by atoms with Crippen LogP contribution in [0.15, 0.2) is 72.9 Å². The van der Waals surface area contributed by atoms with E-state index < -0.39 is 40.7 Å². The van der Waals surface area contributed by atoms with Crippen molar-refractivity contribution in [2.45, 2.75) is 12.1 Å². The monoisotopic (exact) mass is 529 g/mol. The highest BCUT2D eigenvalue weighted by atomic mass is 35.5. The van der Waals surface area contributed by atoms with Crippen molar-refractivity contribution in [1.82, 2.24) is 4.90 Å². The van der Waals surface area contributed by atoms with Gasteiger partial charge in [0, 0.05) is 28.9 Å². The number of anilines is 1. The first kappa shape index (κ1) is 23.9. The number of hydrogen-bond acceptors (Lipinski definition) is 7. The van der Waals surface area contributed by atoms with Crippen LogP contribution >= 0.6 is 11.6 Å². The number of ether oxygens (including phenoxy) is 1. The Labute approximate surface area is 222 Å². The molecule has 190 valence electrons. The van der Waals surface area contributed by atoms with Crippen molar-refractivity contribution in [2.24, 2.45) is 11.8 Å². The summed E-state index contributed by atoms with van der Waals surface area (Å²) in [5.74, 6) is -3.23. The summed E-state index contributed by atoms with van der Waals surface area (Å²) in [6.07, 6.45) is 3.63. The summed E-state index contributed by atoms with van der Waals surface area (Å²) in [7, 11) is 1.35. The molecule has 0 N–H and O–H groups in total. The zero-order chi connectivity index (χ0) is 26.7. The van der Waals surface area contributed by atoms with Gasteiger partial charge < -0.3 is 9.64 Å². The van der Waals surface area contributed by atoms with E-state index >= 15 is 0 Å². The molecular formula is C28H20ClN3O6. The van der Waals surface area contributed by atoms with Crippen molar-refractivity contribution in [3.05, 3.63) is 105 Å². The molecule has 2 amide bonds. The summed E-state index contributed by atoms with van der Waals surface area (Å²) >= 11 is 6.03. The predicted molar refractivity (Wildman–Crippen MR) is 139 cm³/mol. The van der Waals surface area contributed by atoms with Crippen LogP contribution in [0.1, 0.15) is 27.5 Å². The molecule has 0 bridgehead atoms. The number of hydrogen-bond donors (Lipinski definition) is 0. The maximum absolute atomic E-state index is 14.1. The normalized spacial score (nSPS) is 23.2. The quantitative estimate of drug-likeness (QED) is 0.205. The molecule has 0 unspecified atom stereocenters. The zero-order valence-electron chi connectivity index (χ0n) is 20.0. The van der Waals surface area contributed by atoms with Crippen molar-refractivity contribution in [2.75, 3.05) is 12.0 Å². The van der Waals surface area contributed by atoms with Crippen molar-refractivity contribution >= 4 is 46.6 Å². The van der Waals surface area contributed by atoms with E-state index in [0.29, 0.717) is 10.6 Å². The Bertz CT molecular complexity index is 1550. The highest BCUT2D eigenvalue weighted by Gasteiger charge is 2.64. The van der Waals surface area contributed by atoms with Gasteiger partial charge in [0.2, 0.25) is 11.8 Å². The van der Waals surface area contributed by atoms with Gasteiger partial charge in [-0.25, -0.2) is 4.90 Å². The number of imide groups is 1. The maximum Gasteiger partial charge on any atom is 0.271 e. The first-order valence-electron chi connectivity index (χ1n) is 11.9. The number of carbonyl (C=O) groups is 3. The van der Waals surface area contributed by atoms with Crippen LogP contribution in [0.2, 0.25) is 5.02 Å². The third-order valence-electron chi connectivity index (χ3n) is 7.47. The Morgan fingerprint density at radius 2 is 1.71 bits per heavy atom. The number of nitro benzene ring substituents is 1. The second-order valence-corrected chi connectivity index (χ2v) is 9.77. The van der Waals surface area contributed by atoms with Gasteiger partial charge in [-0.1, -0.05) is 35.9 Å². The van der Waals surface area contributed by atoms with Gasteiger partial charge in [0.25, 0.3) is 5.69 Å². The number of fused-ring (bicyclic) bond motifs is 5. The van der Waals surface area contributed by atoms with Crippen LogP contribution in [0.4, 0.5) is 11.4 Å². The maximum atomic E-state index is 14.1. The number of non-ortho nitro benzene ring substituents is 1. The summed E-state index contributed by atoms with van der Waals surface area (Å²) < 4.78 is 5.36. The van der Waals surface area contributed by atoms with E-state index in [4.69, 9.17) is 16.3 Å². The van der Waals surface area contributed by atoms with E-state index in [2.05, 4.69) is 0 Å². The second-order valence-electron chi connectivity index (χ2n) is 9.33. The van der Waals surface area contributed by atoms with Gasteiger partial charge >= 0.3 is 0 Å². The number of rotatable bonds is 5. The number of halogens is 1. The lowest BCUT2D eigenvalue weighted by Crippen LogP contribution is -2.44. The molecule has 0 aromatic heterocycles. The fourth-order valence-electron chi connectivity index (χ4n) is 5.85. The lowest BCUT2D eigenvalue weighted by Gasteiger charge is -2.35. The zero-order valence-corrected chi connectivity index (χ0v) is 20.7. The number of amides is 2. The Balaban J connectivity index is 1.51. The van der Waals surface area contributed by atoms with Crippen LogP contribution in [0.5, 0.6) is 5.75 Å². The fourth-order valence-corrected chi connectivity index (χ4v) is 5.97. The minimum Gasteiger partial charge on any atom is -0.495 e. The van der Waals surface area contributed by atoms with E-state index in [1.165, 1.54) is 19.2 Å². The molecular weight excluding hydrogens is 510 g/mol. The first-order chi connectivity index (χ1) is 18.3. The van der Waals surface area contributed by atoms with Gasteiger partial charge in [0.1, 0.15) is 17.5 Å². The molecule has 3 aromatic carbocycles. The molecule has 0 radical (unpaired) electrons. The van der Waals surface area contributed by atoms with E-state index in [0.717, 1.165) is 22.1 Å². The molecule has 4 atom stereocenters. The lowest BCUT2D eigenvalue weighted by atomic mass is 9.83. The summed E-state index contributed by atoms with van der Waals surface area (Å²) in [6, 6.07) is 16.1. The largest absolute Gasteiger partial charge is 0.495 e. The van der Waals surface area contributed by atoms with Gasteiger partial charge in [-0.3, -0.25) is 24.5 Å². The molecule has 0 aliphatic carbocycles. The van der Waals surface area contributed by atoms with E-state index in [-0.39, 0.29) is 22.9 Å². The van der Waals surface area contributed by atoms with E-state index in [1.807, 2.05) is 30.3 Å². The Hall–Kier alpha value is -4.50. The third-order valence-corrected chi connectivity index (χ3v) is 7.73.